The predicted molar refractivity (Wildman–Crippen MR) is 78.0 cm³/mol. The maximum Gasteiger partial charge on any atom is 0.294 e. The van der Waals surface area contributed by atoms with Gasteiger partial charge in [-0.2, -0.15) is 0 Å². The second-order valence-electron chi connectivity index (χ2n) is 3.23. The fraction of sp³-hybridized carbons (Fsp3) is 0.286. The van der Waals surface area contributed by atoms with Crippen LogP contribution in [-0.2, 0) is 0 Å². The second kappa shape index (κ2) is 9.70. The number of nitrogens with one attached hydrogen (secondary N) is 1. The highest BCUT2D eigenvalue weighted by Crippen LogP contribution is 1.96. The maximum absolute atomic E-state index is 11.7. The molecule has 0 bridgehead atoms. The molecule has 0 atom stereocenters. The van der Waals surface area contributed by atoms with Crippen LogP contribution >= 0.6 is 0 Å². The van der Waals surface area contributed by atoms with Gasteiger partial charge in [-0.05, 0) is 25.5 Å². The number of nitrogens with zero attached hydrogens (tertiary/aromatic N) is 3. The lowest BCUT2D eigenvalue weighted by molar-refractivity contribution is 0.0955. The summed E-state index contributed by atoms with van der Waals surface area (Å²) in [7, 11) is 0. The van der Waals surface area contributed by atoms with Crippen LogP contribution in [0.15, 0.2) is 41.9 Å². The van der Waals surface area contributed by atoms with Crippen LogP contribution in [0.5, 0.6) is 0 Å². The number of aromatic nitrogens is 2. The minimum atomic E-state index is -0.390. The zero-order valence-electron chi connectivity index (χ0n) is 11.8. The molecule has 0 aromatic carbocycles. The van der Waals surface area contributed by atoms with E-state index in [4.69, 9.17) is 0 Å². The predicted octanol–water partition coefficient (Wildman–Crippen LogP) is 2.66. The molecule has 1 rings (SSSR count). The minimum absolute atomic E-state index is 0.115. The number of hydrogen-bond donors (Lipinski definition) is 1. The summed E-state index contributed by atoms with van der Waals surface area (Å²) in [5, 5.41) is 2.59. The van der Waals surface area contributed by atoms with Crippen LogP contribution in [0.2, 0.25) is 0 Å². The average Bonchev–Trinajstić information content (AvgIpc) is 2.46. The van der Waals surface area contributed by atoms with Crippen LogP contribution in [0, 0.1) is 6.92 Å². The largest absolute Gasteiger partial charge is 0.304 e. The lowest BCUT2D eigenvalue weighted by Gasteiger charge is -2.03. The van der Waals surface area contributed by atoms with Crippen LogP contribution < -0.4 is 5.32 Å². The summed E-state index contributed by atoms with van der Waals surface area (Å²) in [5.41, 5.74) is 0.900. The molecule has 0 spiro atoms. The Morgan fingerprint density at radius 3 is 2.42 bits per heavy atom. The van der Waals surface area contributed by atoms with Crippen LogP contribution in [-0.4, -0.2) is 22.1 Å². The fourth-order valence-corrected chi connectivity index (χ4v) is 0.994. The van der Waals surface area contributed by atoms with E-state index in [2.05, 4.69) is 26.9 Å². The molecule has 5 nitrogen and oxygen atoms in total. The van der Waals surface area contributed by atoms with Gasteiger partial charge >= 0.3 is 0 Å². The number of amides is 1. The maximum atomic E-state index is 11.7. The molecule has 1 aromatic rings. The molecule has 1 aromatic heterocycles. The van der Waals surface area contributed by atoms with Crippen molar-refractivity contribution in [1.82, 2.24) is 15.3 Å². The normalized spacial score (nSPS) is 10.6. The van der Waals surface area contributed by atoms with E-state index in [1.807, 2.05) is 20.8 Å². The Morgan fingerprint density at radius 2 is 1.95 bits per heavy atom. The summed E-state index contributed by atoms with van der Waals surface area (Å²) in [6.45, 7) is 11.1. The van der Waals surface area contributed by atoms with E-state index < -0.39 is 0 Å². The number of carbonyl (C=O) groups excluding carboxylic acids is 1. The summed E-state index contributed by atoms with van der Waals surface area (Å²) in [4.78, 5) is 23.5. The molecule has 1 heterocycles. The first-order valence-corrected chi connectivity index (χ1v) is 6.08. The first-order chi connectivity index (χ1) is 9.17. The third-order valence-electron chi connectivity index (χ3n) is 1.82. The molecule has 0 saturated carbocycles. The van der Waals surface area contributed by atoms with Gasteiger partial charge in [-0.25, -0.2) is 15.0 Å². The Morgan fingerprint density at radius 1 is 1.37 bits per heavy atom. The molecule has 102 valence electrons. The van der Waals surface area contributed by atoms with Gasteiger partial charge in [0, 0.05) is 18.6 Å². The average molecular weight is 260 g/mol. The summed E-state index contributed by atoms with van der Waals surface area (Å²) >= 11 is 0. The van der Waals surface area contributed by atoms with Crippen LogP contribution in [0.3, 0.4) is 0 Å². The van der Waals surface area contributed by atoms with Crippen LogP contribution in [0.1, 0.15) is 37.0 Å². The van der Waals surface area contributed by atoms with Crippen molar-refractivity contribution in [2.75, 3.05) is 0 Å². The van der Waals surface area contributed by atoms with Gasteiger partial charge in [0.05, 0.1) is 0 Å². The van der Waals surface area contributed by atoms with Crippen molar-refractivity contribution in [3.63, 3.8) is 0 Å². The van der Waals surface area contributed by atoms with Gasteiger partial charge in [-0.1, -0.05) is 26.5 Å². The number of carbonyl (C=O) groups is 1. The molecule has 0 radical (unpaired) electrons. The summed E-state index contributed by atoms with van der Waals surface area (Å²) in [6.07, 6.45) is 7.87. The van der Waals surface area contributed by atoms with Gasteiger partial charge in [-0.15, -0.1) is 0 Å². The molecule has 19 heavy (non-hydrogen) atoms. The van der Waals surface area contributed by atoms with E-state index in [1.165, 1.54) is 12.3 Å². The lowest BCUT2D eigenvalue weighted by Crippen LogP contribution is -2.24. The first kappa shape index (κ1) is 16.7. The Labute approximate surface area is 114 Å². The molecule has 0 unspecified atom stereocenters. The van der Waals surface area contributed by atoms with Gasteiger partial charge < -0.3 is 5.32 Å². The molecule has 0 fully saturated rings. The van der Waals surface area contributed by atoms with Crippen LogP contribution in [0.25, 0.3) is 0 Å². The van der Waals surface area contributed by atoms with E-state index in [-0.39, 0.29) is 11.7 Å². The van der Waals surface area contributed by atoms with Crippen molar-refractivity contribution in [2.45, 2.75) is 27.7 Å². The zero-order chi connectivity index (χ0) is 14.7. The highest BCUT2D eigenvalue weighted by atomic mass is 16.2. The van der Waals surface area contributed by atoms with E-state index in [1.54, 1.807) is 25.4 Å². The van der Waals surface area contributed by atoms with Gasteiger partial charge in [0.15, 0.2) is 0 Å². The Hall–Kier alpha value is -2.30. The van der Waals surface area contributed by atoms with Gasteiger partial charge in [0.2, 0.25) is 5.82 Å². The van der Waals surface area contributed by atoms with Crippen LogP contribution in [0.4, 0.5) is 0 Å². The molecule has 0 aliphatic heterocycles. The standard InChI is InChI=1S/C12H14N4O.C2H6/c1-4-6-13-10(5-2)16-12(17)11-14-7-9(3)8-15-11;1-2/h4-8H,1H2,2-3H3,(H,16,17);1-2H3/b10-5+,13-6-;. The van der Waals surface area contributed by atoms with E-state index >= 15 is 0 Å². The molecule has 0 aliphatic rings. The Balaban J connectivity index is 0.00000154. The number of aryl methyl sites for hydroxylation is 1. The summed E-state index contributed by atoms with van der Waals surface area (Å²) < 4.78 is 0. The SMILES string of the molecule is C=C/C=N\C(=C/C)NC(=O)c1ncc(C)cn1.CC. The number of allylic oxidation sites excluding steroid dienone is 2. The monoisotopic (exact) mass is 260 g/mol. The molecular weight excluding hydrogens is 240 g/mol. The smallest absolute Gasteiger partial charge is 0.294 e. The quantitative estimate of drug-likeness (QED) is 0.846. The molecule has 0 aliphatic carbocycles. The van der Waals surface area contributed by atoms with E-state index in [0.717, 1.165) is 5.56 Å². The molecule has 1 N–H and O–H groups in total. The molecule has 1 amide bonds. The molecule has 0 saturated heterocycles. The third kappa shape index (κ3) is 6.26. The van der Waals surface area contributed by atoms with Crippen molar-refractivity contribution in [3.8, 4) is 0 Å². The van der Waals surface area contributed by atoms with Crippen molar-refractivity contribution in [1.29, 1.82) is 0 Å². The van der Waals surface area contributed by atoms with Crippen molar-refractivity contribution >= 4 is 12.1 Å². The van der Waals surface area contributed by atoms with Gasteiger partial charge in [-0.3, -0.25) is 4.79 Å². The van der Waals surface area contributed by atoms with Crippen molar-refractivity contribution in [2.24, 2.45) is 4.99 Å². The van der Waals surface area contributed by atoms with Crippen molar-refractivity contribution < 1.29 is 4.79 Å². The van der Waals surface area contributed by atoms with E-state index in [0.29, 0.717) is 5.82 Å². The summed E-state index contributed by atoms with van der Waals surface area (Å²) in [5.74, 6) is 0.155. The fourth-order valence-electron chi connectivity index (χ4n) is 0.994. The number of aliphatic imine (C=N–C) groups is 1. The van der Waals surface area contributed by atoms with Gasteiger partial charge in [0.1, 0.15) is 5.82 Å². The first-order valence-electron chi connectivity index (χ1n) is 6.08. The molecular formula is C14H20N4O. The third-order valence-corrected chi connectivity index (χ3v) is 1.82. The number of hydrogen-bond acceptors (Lipinski definition) is 4. The highest BCUT2D eigenvalue weighted by molar-refractivity contribution is 5.91. The zero-order valence-corrected chi connectivity index (χ0v) is 11.8. The minimum Gasteiger partial charge on any atom is -0.304 e. The number of rotatable bonds is 4. The second-order valence-corrected chi connectivity index (χ2v) is 3.23. The van der Waals surface area contributed by atoms with Gasteiger partial charge in [0.25, 0.3) is 5.91 Å². The molecule has 5 heteroatoms. The lowest BCUT2D eigenvalue weighted by atomic mass is 10.4. The van der Waals surface area contributed by atoms with E-state index in [9.17, 15) is 4.79 Å². The van der Waals surface area contributed by atoms with Crippen molar-refractivity contribution in [3.05, 3.63) is 48.3 Å². The summed E-state index contributed by atoms with van der Waals surface area (Å²) in [6, 6.07) is 0. The highest BCUT2D eigenvalue weighted by Gasteiger charge is 2.09. The Kier molecular flexibility index (Phi) is 8.53. The topological polar surface area (TPSA) is 67.2 Å². The Bertz CT molecular complexity index is 461.